The number of alkyl halides is 3. The number of hydrogen-bond donors (Lipinski definition) is 0. The molecular formula is C15H19F3N2O2. The zero-order valence-electron chi connectivity index (χ0n) is 12.8. The molecule has 0 unspecified atom stereocenters. The van der Waals surface area contributed by atoms with Crippen molar-refractivity contribution in [3.05, 3.63) is 23.5 Å². The first-order valence-electron chi connectivity index (χ1n) is 7.31. The van der Waals surface area contributed by atoms with Gasteiger partial charge < -0.3 is 4.74 Å². The summed E-state index contributed by atoms with van der Waals surface area (Å²) in [6.07, 6.45) is -3.62. The summed E-state index contributed by atoms with van der Waals surface area (Å²) in [4.78, 5) is 17.4. The molecule has 2 heterocycles. The van der Waals surface area contributed by atoms with Gasteiger partial charge in [-0.1, -0.05) is 6.92 Å². The largest absolute Gasteiger partial charge is 0.446 e. The minimum atomic E-state index is -4.49. The van der Waals surface area contributed by atoms with Crippen LogP contribution in [0.5, 0.6) is 0 Å². The summed E-state index contributed by atoms with van der Waals surface area (Å²) in [5, 5.41) is 0. The predicted octanol–water partition coefficient (Wildman–Crippen LogP) is 4.18. The fraction of sp³-hybridized carbons (Fsp3) is 0.600. The van der Waals surface area contributed by atoms with E-state index in [0.29, 0.717) is 30.6 Å². The molecule has 0 spiro atoms. The number of ether oxygens (including phenoxy) is 1. The third-order valence-electron chi connectivity index (χ3n) is 3.58. The van der Waals surface area contributed by atoms with E-state index in [1.54, 1.807) is 13.8 Å². The predicted molar refractivity (Wildman–Crippen MR) is 75.7 cm³/mol. The quantitative estimate of drug-likeness (QED) is 0.822. The molecule has 0 fully saturated rings. The van der Waals surface area contributed by atoms with Crippen molar-refractivity contribution >= 4 is 11.8 Å². The Bertz CT molecular complexity index is 558. The maximum Gasteiger partial charge on any atom is 0.433 e. The molecule has 1 aliphatic rings. The van der Waals surface area contributed by atoms with E-state index in [9.17, 15) is 18.0 Å². The number of nitrogens with zero attached hydrogens (tertiary/aromatic N) is 2. The molecule has 2 rings (SSSR count). The van der Waals surface area contributed by atoms with E-state index in [2.05, 4.69) is 4.98 Å². The molecule has 22 heavy (non-hydrogen) atoms. The van der Waals surface area contributed by atoms with E-state index in [0.717, 1.165) is 6.07 Å². The van der Waals surface area contributed by atoms with Crippen LogP contribution in [0.25, 0.3) is 0 Å². The Morgan fingerprint density at radius 3 is 2.68 bits per heavy atom. The second kappa shape index (κ2) is 6.14. The normalized spacial score (nSPS) is 18.3. The highest BCUT2D eigenvalue weighted by Crippen LogP contribution is 2.35. The minimum Gasteiger partial charge on any atom is -0.446 e. The molecule has 7 heteroatoms. The van der Waals surface area contributed by atoms with Gasteiger partial charge in [0, 0.05) is 6.04 Å². The molecule has 4 nitrogen and oxygen atoms in total. The highest BCUT2D eigenvalue weighted by atomic mass is 19.4. The van der Waals surface area contributed by atoms with Crippen LogP contribution >= 0.6 is 0 Å². The van der Waals surface area contributed by atoms with Crippen molar-refractivity contribution in [1.82, 2.24) is 4.98 Å². The van der Waals surface area contributed by atoms with Gasteiger partial charge in [-0.2, -0.15) is 13.2 Å². The molecule has 0 saturated carbocycles. The zero-order chi connectivity index (χ0) is 16.5. The van der Waals surface area contributed by atoms with Gasteiger partial charge >= 0.3 is 12.3 Å². The molecule has 0 saturated heterocycles. The zero-order valence-corrected chi connectivity index (χ0v) is 12.8. The van der Waals surface area contributed by atoms with Gasteiger partial charge in [0.2, 0.25) is 0 Å². The van der Waals surface area contributed by atoms with Crippen LogP contribution in [-0.4, -0.2) is 23.2 Å². The van der Waals surface area contributed by atoms with Crippen molar-refractivity contribution in [3.8, 4) is 0 Å². The Balaban J connectivity index is 2.40. The van der Waals surface area contributed by atoms with Crippen LogP contribution in [0.15, 0.2) is 12.1 Å². The lowest BCUT2D eigenvalue weighted by atomic mass is 9.98. The van der Waals surface area contributed by atoms with Crippen LogP contribution < -0.4 is 4.90 Å². The van der Waals surface area contributed by atoms with E-state index >= 15 is 0 Å². The third-order valence-corrected chi connectivity index (χ3v) is 3.58. The number of anilines is 1. The Kier molecular flexibility index (Phi) is 4.63. The SMILES string of the molecule is CC[C@H]1CCc2nc(C(F)(F)F)ccc2N1C(=O)OC(C)C. The third kappa shape index (κ3) is 3.34. The highest BCUT2D eigenvalue weighted by molar-refractivity contribution is 5.89. The van der Waals surface area contributed by atoms with Crippen LogP contribution in [0, 0.1) is 0 Å². The number of rotatable bonds is 2. The number of halogens is 3. The average Bonchev–Trinajstić information content (AvgIpc) is 2.43. The van der Waals surface area contributed by atoms with E-state index in [-0.39, 0.29) is 12.1 Å². The summed E-state index contributed by atoms with van der Waals surface area (Å²) in [5.74, 6) is 0. The van der Waals surface area contributed by atoms with Crippen LogP contribution in [0.3, 0.4) is 0 Å². The summed E-state index contributed by atoms with van der Waals surface area (Å²) < 4.78 is 43.5. The van der Waals surface area contributed by atoms with Gasteiger partial charge in [-0.15, -0.1) is 0 Å². The molecule has 0 radical (unpaired) electrons. The van der Waals surface area contributed by atoms with Gasteiger partial charge in [0.25, 0.3) is 0 Å². The molecule has 0 bridgehead atoms. The van der Waals surface area contributed by atoms with E-state index in [4.69, 9.17) is 4.74 Å². The van der Waals surface area contributed by atoms with Crippen LogP contribution in [0.2, 0.25) is 0 Å². The standard InChI is InChI=1S/C15H19F3N2O2/c1-4-10-5-6-11-12(20(10)14(21)22-9(2)3)7-8-13(19-11)15(16,17)18/h7-10H,4-6H2,1-3H3/t10-/m0/s1. The van der Waals surface area contributed by atoms with Crippen molar-refractivity contribution in [1.29, 1.82) is 0 Å². The van der Waals surface area contributed by atoms with Gasteiger partial charge in [0.15, 0.2) is 0 Å². The van der Waals surface area contributed by atoms with Crippen molar-refractivity contribution in [2.75, 3.05) is 4.90 Å². The number of fused-ring (bicyclic) bond motifs is 1. The van der Waals surface area contributed by atoms with E-state index in [1.165, 1.54) is 11.0 Å². The maximum atomic E-state index is 12.8. The van der Waals surface area contributed by atoms with Gasteiger partial charge in [0.1, 0.15) is 5.69 Å². The van der Waals surface area contributed by atoms with Gasteiger partial charge in [-0.25, -0.2) is 9.78 Å². The molecule has 1 aromatic heterocycles. The molecule has 0 aliphatic carbocycles. The molecule has 1 amide bonds. The summed E-state index contributed by atoms with van der Waals surface area (Å²) in [6.45, 7) is 5.40. The van der Waals surface area contributed by atoms with Crippen LogP contribution in [-0.2, 0) is 17.3 Å². The number of aromatic nitrogens is 1. The maximum absolute atomic E-state index is 12.8. The fourth-order valence-electron chi connectivity index (χ4n) is 2.58. The van der Waals surface area contributed by atoms with Crippen molar-refractivity contribution in [2.24, 2.45) is 0 Å². The molecule has 0 N–H and O–H groups in total. The molecule has 0 aromatic carbocycles. The summed E-state index contributed by atoms with van der Waals surface area (Å²) in [6, 6.07) is 2.14. The molecule has 1 atom stereocenters. The summed E-state index contributed by atoms with van der Waals surface area (Å²) in [5.41, 5.74) is -0.227. The average molecular weight is 316 g/mol. The smallest absolute Gasteiger partial charge is 0.433 e. The first kappa shape index (κ1) is 16.6. The van der Waals surface area contributed by atoms with E-state index < -0.39 is 18.0 Å². The number of amides is 1. The fourth-order valence-corrected chi connectivity index (χ4v) is 2.58. The lowest BCUT2D eigenvalue weighted by molar-refractivity contribution is -0.141. The number of carbonyl (C=O) groups is 1. The Morgan fingerprint density at radius 2 is 2.14 bits per heavy atom. The topological polar surface area (TPSA) is 42.4 Å². The van der Waals surface area contributed by atoms with Crippen molar-refractivity contribution in [3.63, 3.8) is 0 Å². The monoisotopic (exact) mass is 316 g/mol. The second-order valence-corrected chi connectivity index (χ2v) is 5.56. The minimum absolute atomic E-state index is 0.0858. The Morgan fingerprint density at radius 1 is 1.45 bits per heavy atom. The number of pyridine rings is 1. The molecular weight excluding hydrogens is 297 g/mol. The Hall–Kier alpha value is -1.79. The van der Waals surface area contributed by atoms with Crippen LogP contribution in [0.4, 0.5) is 23.7 Å². The van der Waals surface area contributed by atoms with Crippen molar-refractivity contribution < 1.29 is 22.7 Å². The Labute approximate surface area is 127 Å². The number of hydrogen-bond acceptors (Lipinski definition) is 3. The lowest BCUT2D eigenvalue weighted by Crippen LogP contribution is -2.45. The molecule has 122 valence electrons. The summed E-state index contributed by atoms with van der Waals surface area (Å²) in [7, 11) is 0. The summed E-state index contributed by atoms with van der Waals surface area (Å²) >= 11 is 0. The van der Waals surface area contributed by atoms with Gasteiger partial charge in [-0.3, -0.25) is 4.90 Å². The lowest BCUT2D eigenvalue weighted by Gasteiger charge is -2.36. The number of aryl methyl sites for hydroxylation is 1. The van der Waals surface area contributed by atoms with E-state index in [1.807, 2.05) is 6.92 Å². The molecule has 1 aromatic rings. The molecule has 1 aliphatic heterocycles. The highest BCUT2D eigenvalue weighted by Gasteiger charge is 2.37. The van der Waals surface area contributed by atoms with Gasteiger partial charge in [-0.05, 0) is 45.2 Å². The van der Waals surface area contributed by atoms with Gasteiger partial charge in [0.05, 0.1) is 17.5 Å². The van der Waals surface area contributed by atoms with Crippen LogP contribution in [0.1, 0.15) is 45.0 Å². The van der Waals surface area contributed by atoms with Crippen molar-refractivity contribution in [2.45, 2.75) is 58.4 Å². The first-order chi connectivity index (χ1) is 10.2. The number of carbonyl (C=O) groups excluding carboxylic acids is 1. The second-order valence-electron chi connectivity index (χ2n) is 5.56. The first-order valence-corrected chi connectivity index (χ1v) is 7.31.